The minimum absolute atomic E-state index is 0.179. The molecule has 2 aliphatic carbocycles. The van der Waals surface area contributed by atoms with E-state index in [9.17, 15) is 14.4 Å². The predicted octanol–water partition coefficient (Wildman–Crippen LogP) is 3.85. The van der Waals surface area contributed by atoms with Crippen molar-refractivity contribution >= 4 is 17.9 Å². The largest absolute Gasteiger partial charge is 0.472 e. The second-order valence-corrected chi connectivity index (χ2v) is 8.28. The zero-order valence-electron chi connectivity index (χ0n) is 17.3. The maximum absolute atomic E-state index is 12.7. The van der Waals surface area contributed by atoms with Crippen molar-refractivity contribution in [1.82, 2.24) is 0 Å². The molecule has 0 radical (unpaired) electrons. The van der Waals surface area contributed by atoms with Crippen LogP contribution in [0, 0.1) is 11.3 Å². The van der Waals surface area contributed by atoms with E-state index in [1.807, 2.05) is 26.0 Å². The Hall–Kier alpha value is -3.35. The highest BCUT2D eigenvalue weighted by molar-refractivity contribution is 5.97. The summed E-state index contributed by atoms with van der Waals surface area (Å²) in [7, 11) is 0. The molecule has 5 rings (SSSR count). The summed E-state index contributed by atoms with van der Waals surface area (Å²) in [5, 5.41) is 0. The van der Waals surface area contributed by atoms with Gasteiger partial charge in [0.05, 0.1) is 29.4 Å². The summed E-state index contributed by atoms with van der Waals surface area (Å²) in [6.45, 7) is 3.99. The van der Waals surface area contributed by atoms with Gasteiger partial charge < -0.3 is 18.6 Å². The number of ether oxygens (including phenoxy) is 3. The van der Waals surface area contributed by atoms with Crippen molar-refractivity contribution in [1.29, 1.82) is 0 Å². The zero-order chi connectivity index (χ0) is 21.8. The van der Waals surface area contributed by atoms with Crippen LogP contribution in [0.3, 0.4) is 0 Å². The summed E-state index contributed by atoms with van der Waals surface area (Å²) in [6, 6.07) is 1.76. The predicted molar refractivity (Wildman–Crippen MR) is 107 cm³/mol. The van der Waals surface area contributed by atoms with Gasteiger partial charge in [-0.3, -0.25) is 9.59 Å². The first-order valence-corrected chi connectivity index (χ1v) is 10.4. The second kappa shape index (κ2) is 7.11. The van der Waals surface area contributed by atoms with Crippen molar-refractivity contribution < 1.29 is 33.0 Å². The lowest BCUT2D eigenvalue weighted by Gasteiger charge is -2.35. The van der Waals surface area contributed by atoms with Crippen LogP contribution in [0.2, 0.25) is 0 Å². The third-order valence-corrected chi connectivity index (χ3v) is 6.47. The molecule has 0 unspecified atom stereocenters. The van der Waals surface area contributed by atoms with Crippen molar-refractivity contribution in [3.05, 3.63) is 70.4 Å². The molecular weight excluding hydrogens is 400 g/mol. The first-order chi connectivity index (χ1) is 14.9. The molecule has 7 heteroatoms. The van der Waals surface area contributed by atoms with Crippen molar-refractivity contribution in [3.63, 3.8) is 0 Å². The fourth-order valence-corrected chi connectivity index (χ4v) is 4.95. The van der Waals surface area contributed by atoms with Crippen LogP contribution in [0.1, 0.15) is 44.8 Å². The molecule has 0 amide bonds. The Morgan fingerprint density at radius 2 is 2.16 bits per heavy atom. The Morgan fingerprint density at radius 3 is 2.90 bits per heavy atom. The van der Waals surface area contributed by atoms with Crippen molar-refractivity contribution in [2.75, 3.05) is 6.61 Å². The number of hydrogen-bond donors (Lipinski definition) is 0. The molecule has 3 atom stereocenters. The molecule has 1 aromatic rings. The van der Waals surface area contributed by atoms with Gasteiger partial charge in [-0.2, -0.15) is 0 Å². The van der Waals surface area contributed by atoms with Crippen molar-refractivity contribution in [3.8, 4) is 0 Å². The van der Waals surface area contributed by atoms with Crippen LogP contribution in [0.5, 0.6) is 0 Å². The average Bonchev–Trinajstić information content (AvgIpc) is 3.43. The molecule has 0 bridgehead atoms. The van der Waals surface area contributed by atoms with Gasteiger partial charge in [0.15, 0.2) is 6.10 Å². The average molecular weight is 422 g/mol. The lowest BCUT2D eigenvalue weighted by Crippen LogP contribution is -2.35. The van der Waals surface area contributed by atoms with E-state index in [1.165, 1.54) is 6.26 Å². The van der Waals surface area contributed by atoms with Gasteiger partial charge in [0.2, 0.25) is 0 Å². The molecule has 1 fully saturated rings. The summed E-state index contributed by atoms with van der Waals surface area (Å²) in [6.07, 6.45) is 9.18. The Balaban J connectivity index is 1.66. The van der Waals surface area contributed by atoms with Crippen molar-refractivity contribution in [2.45, 2.75) is 39.2 Å². The van der Waals surface area contributed by atoms with E-state index in [0.717, 1.165) is 22.3 Å². The summed E-state index contributed by atoms with van der Waals surface area (Å²) in [5.41, 5.74) is 2.81. The molecule has 2 aliphatic heterocycles. The van der Waals surface area contributed by atoms with Crippen LogP contribution in [0.4, 0.5) is 0 Å². The highest BCUT2D eigenvalue weighted by atomic mass is 16.6. The van der Waals surface area contributed by atoms with Crippen LogP contribution in [0.15, 0.2) is 69.3 Å². The quantitative estimate of drug-likeness (QED) is 0.537. The summed E-state index contributed by atoms with van der Waals surface area (Å²) in [5.74, 6) is -1.16. The van der Waals surface area contributed by atoms with E-state index in [0.29, 0.717) is 24.2 Å². The summed E-state index contributed by atoms with van der Waals surface area (Å²) in [4.78, 5) is 37.5. The molecule has 7 nitrogen and oxygen atoms in total. The smallest absolute Gasteiger partial charge is 0.339 e. The number of allylic oxidation sites excluding steroid dienone is 2. The van der Waals surface area contributed by atoms with E-state index in [-0.39, 0.29) is 25.0 Å². The molecule has 160 valence electrons. The third kappa shape index (κ3) is 2.91. The van der Waals surface area contributed by atoms with Gasteiger partial charge in [-0.25, -0.2) is 4.79 Å². The van der Waals surface area contributed by atoms with Crippen LogP contribution < -0.4 is 0 Å². The van der Waals surface area contributed by atoms with Gasteiger partial charge in [0.1, 0.15) is 12.4 Å². The topological polar surface area (TPSA) is 92.0 Å². The number of furan rings is 1. The molecular formula is C24H22O7. The van der Waals surface area contributed by atoms with E-state index in [4.69, 9.17) is 18.6 Å². The number of esters is 3. The van der Waals surface area contributed by atoms with Crippen molar-refractivity contribution in [2.24, 2.45) is 11.3 Å². The lowest BCUT2D eigenvalue weighted by molar-refractivity contribution is -0.144. The Labute approximate surface area is 179 Å². The van der Waals surface area contributed by atoms with Gasteiger partial charge >= 0.3 is 17.9 Å². The monoisotopic (exact) mass is 422 g/mol. The number of hydrogen-bond acceptors (Lipinski definition) is 7. The molecule has 1 saturated heterocycles. The fraction of sp³-hybridized carbons (Fsp3) is 0.375. The Kier molecular flexibility index (Phi) is 4.50. The van der Waals surface area contributed by atoms with Gasteiger partial charge in [0.25, 0.3) is 0 Å². The fourth-order valence-electron chi connectivity index (χ4n) is 4.95. The van der Waals surface area contributed by atoms with Gasteiger partial charge in [-0.1, -0.05) is 19.1 Å². The van der Waals surface area contributed by atoms with Crippen LogP contribution in [-0.4, -0.2) is 24.5 Å². The molecule has 4 aliphatic rings. The summed E-state index contributed by atoms with van der Waals surface area (Å²) < 4.78 is 21.9. The molecule has 0 aromatic carbocycles. The normalized spacial score (nSPS) is 29.0. The van der Waals surface area contributed by atoms with E-state index < -0.39 is 23.4 Å². The zero-order valence-corrected chi connectivity index (χ0v) is 17.3. The number of cyclic esters (lactones) is 2. The minimum atomic E-state index is -0.715. The molecule has 0 saturated carbocycles. The first-order valence-electron chi connectivity index (χ1n) is 10.4. The maximum atomic E-state index is 12.7. The molecule has 0 N–H and O–H groups in total. The molecule has 3 heterocycles. The molecule has 1 aromatic heterocycles. The SMILES string of the molecule is CCCC(=O)OC1=CC2=C(C)C3=C(C=C[C@]24COC(=O)[C@@H]4C1)C(=O)O[C@H]3c1ccoc1. The van der Waals surface area contributed by atoms with E-state index in [1.54, 1.807) is 18.4 Å². The second-order valence-electron chi connectivity index (χ2n) is 8.28. The summed E-state index contributed by atoms with van der Waals surface area (Å²) >= 11 is 0. The highest BCUT2D eigenvalue weighted by Crippen LogP contribution is 2.55. The van der Waals surface area contributed by atoms with Gasteiger partial charge in [0, 0.05) is 24.0 Å². The number of carbonyl (C=O) groups is 3. The number of carbonyl (C=O) groups excluding carboxylic acids is 3. The highest BCUT2D eigenvalue weighted by Gasteiger charge is 2.55. The van der Waals surface area contributed by atoms with Crippen LogP contribution >= 0.6 is 0 Å². The van der Waals surface area contributed by atoms with Gasteiger partial charge in [-0.05, 0) is 36.6 Å². The Morgan fingerprint density at radius 1 is 1.32 bits per heavy atom. The lowest BCUT2D eigenvalue weighted by atomic mass is 9.65. The van der Waals surface area contributed by atoms with E-state index >= 15 is 0 Å². The van der Waals surface area contributed by atoms with Gasteiger partial charge in [-0.15, -0.1) is 0 Å². The standard InChI is InChI=1S/C24H22O7/c1-3-4-19(25)30-15-9-17-13(2)20-16(22(26)31-21(20)14-6-8-28-11-14)5-7-24(17)12-29-23(27)18(24)10-15/h5-9,11,18,21H,3-4,10,12H2,1-2H3/t18-,21-,24-/m0/s1. The third-order valence-electron chi connectivity index (χ3n) is 6.47. The first kappa shape index (κ1) is 19.6. The minimum Gasteiger partial charge on any atom is -0.472 e. The molecule has 31 heavy (non-hydrogen) atoms. The Bertz CT molecular complexity index is 1100. The van der Waals surface area contributed by atoms with E-state index in [2.05, 4.69) is 0 Å². The number of rotatable bonds is 4. The van der Waals surface area contributed by atoms with Crippen LogP contribution in [0.25, 0.3) is 0 Å². The maximum Gasteiger partial charge on any atom is 0.339 e. The van der Waals surface area contributed by atoms with Crippen LogP contribution in [-0.2, 0) is 28.6 Å². The molecule has 1 spiro atoms.